The molecule has 2 aromatic carbocycles. The number of ketones is 1. The van der Waals surface area contributed by atoms with Crippen LogP contribution in [0.1, 0.15) is 36.1 Å². The first-order valence-corrected chi connectivity index (χ1v) is 8.73. The minimum atomic E-state index is 0.208. The molecular weight excluding hydrogens is 298 g/mol. The molecule has 1 fully saturated rings. The van der Waals surface area contributed by atoms with Crippen molar-refractivity contribution in [2.75, 3.05) is 19.8 Å². The first-order chi connectivity index (χ1) is 11.8. The highest BCUT2D eigenvalue weighted by Gasteiger charge is 2.26. The highest BCUT2D eigenvalue weighted by molar-refractivity contribution is 5.80. The van der Waals surface area contributed by atoms with Crippen molar-refractivity contribution in [2.45, 2.75) is 32.4 Å². The summed E-state index contributed by atoms with van der Waals surface area (Å²) in [5.41, 5.74) is 3.68. The minimum Gasteiger partial charge on any atom is -0.378 e. The normalized spacial score (nSPS) is 18.5. The first-order valence-electron chi connectivity index (χ1n) is 8.73. The highest BCUT2D eigenvalue weighted by atomic mass is 16.5. The maximum absolute atomic E-state index is 11.9. The number of hydrogen-bond acceptors (Lipinski definition) is 3. The largest absolute Gasteiger partial charge is 0.378 e. The molecule has 3 nitrogen and oxygen atoms in total. The second kappa shape index (κ2) is 8.22. The smallest absolute Gasteiger partial charge is 0.137 e. The van der Waals surface area contributed by atoms with Gasteiger partial charge in [-0.25, -0.2) is 0 Å². The average Bonchev–Trinajstić information content (AvgIpc) is 2.63. The lowest BCUT2D eigenvalue weighted by molar-refractivity contribution is -0.118. The minimum absolute atomic E-state index is 0.208. The molecular formula is C21H25NO2. The molecule has 1 heterocycles. The standard InChI is InChI=1S/C21H25NO2/c1-2-19(23)14-18-10-6-7-11-20(18)21-16-24-13-12-22(21)15-17-8-4-3-5-9-17/h3-11,21H,2,12-16H2,1H3. The maximum Gasteiger partial charge on any atom is 0.137 e. The lowest BCUT2D eigenvalue weighted by atomic mass is 9.94. The lowest BCUT2D eigenvalue weighted by Gasteiger charge is -2.37. The van der Waals surface area contributed by atoms with Crippen molar-refractivity contribution in [3.8, 4) is 0 Å². The van der Waals surface area contributed by atoms with Crippen LogP contribution in [-0.4, -0.2) is 30.4 Å². The number of rotatable bonds is 6. The van der Waals surface area contributed by atoms with E-state index in [1.165, 1.54) is 11.1 Å². The lowest BCUT2D eigenvalue weighted by Crippen LogP contribution is -2.39. The first kappa shape index (κ1) is 16.9. The second-order valence-corrected chi connectivity index (χ2v) is 6.31. The zero-order valence-electron chi connectivity index (χ0n) is 14.3. The Labute approximate surface area is 144 Å². The van der Waals surface area contributed by atoms with E-state index < -0.39 is 0 Å². The summed E-state index contributed by atoms with van der Waals surface area (Å²) in [6.45, 7) is 5.19. The summed E-state index contributed by atoms with van der Waals surface area (Å²) in [6.07, 6.45) is 1.10. The summed E-state index contributed by atoms with van der Waals surface area (Å²) in [5.74, 6) is 0.286. The number of carbonyl (C=O) groups excluding carboxylic acids is 1. The fourth-order valence-corrected chi connectivity index (χ4v) is 3.29. The van der Waals surface area contributed by atoms with Crippen LogP contribution in [0.25, 0.3) is 0 Å². The summed E-state index contributed by atoms with van der Waals surface area (Å²) in [4.78, 5) is 14.4. The van der Waals surface area contributed by atoms with Crippen molar-refractivity contribution >= 4 is 5.78 Å². The summed E-state index contributed by atoms with van der Waals surface area (Å²) in [5, 5.41) is 0. The van der Waals surface area contributed by atoms with Crippen LogP contribution in [0.15, 0.2) is 54.6 Å². The molecule has 3 heteroatoms. The van der Waals surface area contributed by atoms with Gasteiger partial charge in [0.2, 0.25) is 0 Å². The van der Waals surface area contributed by atoms with E-state index in [0.717, 1.165) is 25.3 Å². The predicted molar refractivity (Wildman–Crippen MR) is 95.9 cm³/mol. The van der Waals surface area contributed by atoms with Gasteiger partial charge < -0.3 is 4.74 Å². The van der Waals surface area contributed by atoms with Gasteiger partial charge in [0.25, 0.3) is 0 Å². The van der Waals surface area contributed by atoms with Crippen LogP contribution >= 0.6 is 0 Å². The Kier molecular flexibility index (Phi) is 5.78. The van der Waals surface area contributed by atoms with E-state index in [2.05, 4.69) is 47.4 Å². The topological polar surface area (TPSA) is 29.5 Å². The zero-order valence-corrected chi connectivity index (χ0v) is 14.3. The van der Waals surface area contributed by atoms with E-state index in [-0.39, 0.29) is 11.8 Å². The van der Waals surface area contributed by atoms with Gasteiger partial charge in [-0.3, -0.25) is 9.69 Å². The molecule has 126 valence electrons. The summed E-state index contributed by atoms with van der Waals surface area (Å²) < 4.78 is 5.76. The molecule has 3 rings (SSSR count). The number of Topliss-reactive ketones (excluding diaryl/α,β-unsaturated/α-hetero) is 1. The van der Waals surface area contributed by atoms with Gasteiger partial charge in [0.15, 0.2) is 0 Å². The van der Waals surface area contributed by atoms with Gasteiger partial charge in [0.1, 0.15) is 5.78 Å². The van der Waals surface area contributed by atoms with E-state index in [9.17, 15) is 4.79 Å². The highest BCUT2D eigenvalue weighted by Crippen LogP contribution is 2.29. The third-order valence-electron chi connectivity index (χ3n) is 4.66. The summed E-state index contributed by atoms with van der Waals surface area (Å²) in [7, 11) is 0. The number of hydrogen-bond donors (Lipinski definition) is 0. The van der Waals surface area contributed by atoms with Gasteiger partial charge in [-0.2, -0.15) is 0 Å². The third-order valence-corrected chi connectivity index (χ3v) is 4.66. The molecule has 24 heavy (non-hydrogen) atoms. The van der Waals surface area contributed by atoms with Crippen LogP contribution in [-0.2, 0) is 22.5 Å². The molecule has 1 atom stereocenters. The molecule has 0 spiro atoms. The monoisotopic (exact) mass is 323 g/mol. The van der Waals surface area contributed by atoms with E-state index >= 15 is 0 Å². The van der Waals surface area contributed by atoms with Crippen LogP contribution in [0.4, 0.5) is 0 Å². The van der Waals surface area contributed by atoms with Crippen molar-refractivity contribution in [3.05, 3.63) is 71.3 Å². The fourth-order valence-electron chi connectivity index (χ4n) is 3.29. The predicted octanol–water partition coefficient (Wildman–Crippen LogP) is 3.78. The van der Waals surface area contributed by atoms with Crippen LogP contribution in [0.3, 0.4) is 0 Å². The SMILES string of the molecule is CCC(=O)Cc1ccccc1C1COCCN1Cc1ccccc1. The Bertz CT molecular complexity index is 669. The Morgan fingerprint density at radius 2 is 1.88 bits per heavy atom. The molecule has 0 bridgehead atoms. The van der Waals surface area contributed by atoms with Crippen molar-refractivity contribution in [2.24, 2.45) is 0 Å². The Balaban J connectivity index is 1.84. The molecule has 1 aliphatic rings. The van der Waals surface area contributed by atoms with Crippen molar-refractivity contribution in [1.82, 2.24) is 4.90 Å². The summed E-state index contributed by atoms with van der Waals surface area (Å²) in [6, 6.07) is 19.1. The average molecular weight is 323 g/mol. The van der Waals surface area contributed by atoms with Crippen molar-refractivity contribution in [3.63, 3.8) is 0 Å². The molecule has 0 aliphatic carbocycles. The Morgan fingerprint density at radius 3 is 2.67 bits per heavy atom. The van der Waals surface area contributed by atoms with E-state index in [0.29, 0.717) is 19.4 Å². The quantitative estimate of drug-likeness (QED) is 0.810. The molecule has 2 aromatic rings. The maximum atomic E-state index is 11.9. The van der Waals surface area contributed by atoms with E-state index in [1.54, 1.807) is 0 Å². The Hall–Kier alpha value is -1.97. The number of nitrogens with zero attached hydrogens (tertiary/aromatic N) is 1. The fraction of sp³-hybridized carbons (Fsp3) is 0.381. The molecule has 0 saturated carbocycles. The molecule has 0 aromatic heterocycles. The molecule has 0 amide bonds. The van der Waals surface area contributed by atoms with Crippen molar-refractivity contribution < 1.29 is 9.53 Å². The van der Waals surface area contributed by atoms with Gasteiger partial charge in [0.05, 0.1) is 19.3 Å². The van der Waals surface area contributed by atoms with E-state index in [4.69, 9.17) is 4.74 Å². The van der Waals surface area contributed by atoms with Gasteiger partial charge in [0, 0.05) is 25.9 Å². The molecule has 1 unspecified atom stereocenters. The Morgan fingerprint density at radius 1 is 1.12 bits per heavy atom. The molecule has 0 radical (unpaired) electrons. The third kappa shape index (κ3) is 4.11. The van der Waals surface area contributed by atoms with Crippen LogP contribution in [0.2, 0.25) is 0 Å². The molecule has 1 aliphatic heterocycles. The van der Waals surface area contributed by atoms with Crippen LogP contribution in [0.5, 0.6) is 0 Å². The number of ether oxygens (including phenoxy) is 1. The summed E-state index contributed by atoms with van der Waals surface area (Å²) >= 11 is 0. The zero-order chi connectivity index (χ0) is 16.8. The number of benzene rings is 2. The second-order valence-electron chi connectivity index (χ2n) is 6.31. The van der Waals surface area contributed by atoms with Gasteiger partial charge in [-0.15, -0.1) is 0 Å². The number of carbonyl (C=O) groups is 1. The van der Waals surface area contributed by atoms with Crippen molar-refractivity contribution in [1.29, 1.82) is 0 Å². The molecule has 0 N–H and O–H groups in total. The van der Waals surface area contributed by atoms with E-state index in [1.807, 2.05) is 19.1 Å². The molecule has 1 saturated heterocycles. The van der Waals surface area contributed by atoms with Gasteiger partial charge >= 0.3 is 0 Å². The van der Waals surface area contributed by atoms with Crippen LogP contribution in [0, 0.1) is 0 Å². The number of morpholine rings is 1. The van der Waals surface area contributed by atoms with Crippen LogP contribution < -0.4 is 0 Å². The van der Waals surface area contributed by atoms with Gasteiger partial charge in [-0.05, 0) is 16.7 Å². The van der Waals surface area contributed by atoms with Gasteiger partial charge in [-0.1, -0.05) is 61.5 Å².